The molecule has 4 N–H and O–H groups in total. The number of alkyl carbamates (subject to hydrolysis) is 2. The van der Waals surface area contributed by atoms with Gasteiger partial charge in [0.15, 0.2) is 0 Å². The van der Waals surface area contributed by atoms with Gasteiger partial charge in [0.05, 0.1) is 55.8 Å². The van der Waals surface area contributed by atoms with E-state index in [-0.39, 0.29) is 42.2 Å². The summed E-state index contributed by atoms with van der Waals surface area (Å²) in [5.41, 5.74) is 3.15. The molecule has 4 aromatic rings. The van der Waals surface area contributed by atoms with Gasteiger partial charge in [0, 0.05) is 24.1 Å². The molecule has 0 unspecified atom stereocenters. The van der Waals surface area contributed by atoms with E-state index in [2.05, 4.69) is 37.4 Å². The van der Waals surface area contributed by atoms with Crippen LogP contribution in [0.4, 0.5) is 14.0 Å². The Balaban J connectivity index is 1.06. The third-order valence-corrected chi connectivity index (χ3v) is 12.3. The number of hydrogen-bond acceptors (Lipinski definition) is 8. The van der Waals surface area contributed by atoms with E-state index in [0.717, 1.165) is 65.7 Å². The van der Waals surface area contributed by atoms with Gasteiger partial charge in [-0.25, -0.2) is 23.9 Å². The summed E-state index contributed by atoms with van der Waals surface area (Å²) in [5, 5.41) is 5.36. The molecule has 2 saturated heterocycles. The highest BCUT2D eigenvalue weighted by Crippen LogP contribution is 2.52. The van der Waals surface area contributed by atoms with Gasteiger partial charge in [0.1, 0.15) is 29.4 Å². The Kier molecular flexibility index (Phi) is 12.0. The molecule has 2 aromatic carbocycles. The molecule has 0 bridgehead atoms. The van der Waals surface area contributed by atoms with Crippen molar-refractivity contribution in [1.82, 2.24) is 40.4 Å². The van der Waals surface area contributed by atoms with Gasteiger partial charge in [-0.3, -0.25) is 9.59 Å². The van der Waals surface area contributed by atoms with E-state index in [1.807, 2.05) is 75.1 Å². The van der Waals surface area contributed by atoms with Crippen LogP contribution < -0.4 is 10.6 Å². The normalized spacial score (nSPS) is 21.9. The Hall–Kier alpha value is -5.91. The number of benzene rings is 2. The van der Waals surface area contributed by atoms with Crippen LogP contribution >= 0.6 is 0 Å². The maximum atomic E-state index is 15.4. The number of likely N-dealkylation sites (tertiary alicyclic amines) is 2. The number of amides is 4. The fourth-order valence-electron chi connectivity index (χ4n) is 9.09. The van der Waals surface area contributed by atoms with E-state index in [1.54, 1.807) is 6.20 Å². The third kappa shape index (κ3) is 8.83. The zero-order valence-corrected chi connectivity index (χ0v) is 35.4. The Morgan fingerprint density at radius 3 is 1.97 bits per heavy atom. The summed E-state index contributed by atoms with van der Waals surface area (Å²) in [6, 6.07) is 11.0. The van der Waals surface area contributed by atoms with Crippen LogP contribution in [0.5, 0.6) is 0 Å². The van der Waals surface area contributed by atoms with Gasteiger partial charge >= 0.3 is 12.2 Å². The van der Waals surface area contributed by atoms with Gasteiger partial charge in [0.2, 0.25) is 11.8 Å². The lowest BCUT2D eigenvalue weighted by atomic mass is 9.84. The SMILES string of the molecule is COC(=O)N[C@H](C(=O)N1C[C@](C)(F)C[C@H]1c1ncc(-c2ccc(C#Cc3ccc4nc([C@@H]5CC6(CCCC6)CN5C(=O)[C@@H](NC(=O)OC)C(C)C)[nH]c4c3)cc2)[nH]1)C(C)C. The average Bonchev–Trinajstić information content (AvgIpc) is 4.08. The molecule has 14 nitrogen and oxygen atoms in total. The van der Waals surface area contributed by atoms with Gasteiger partial charge in [-0.15, -0.1) is 0 Å². The van der Waals surface area contributed by atoms with Crippen molar-refractivity contribution in [2.24, 2.45) is 17.3 Å². The second-order valence-electron chi connectivity index (χ2n) is 17.6. The summed E-state index contributed by atoms with van der Waals surface area (Å²) in [7, 11) is 2.53. The van der Waals surface area contributed by atoms with Gasteiger partial charge < -0.3 is 39.9 Å². The number of hydrogen-bond donors (Lipinski definition) is 4. The monoisotopic (exact) mass is 822 g/mol. The summed E-state index contributed by atoms with van der Waals surface area (Å²) >= 11 is 0. The zero-order chi connectivity index (χ0) is 42.9. The van der Waals surface area contributed by atoms with Crippen molar-refractivity contribution in [3.63, 3.8) is 0 Å². The molecule has 7 rings (SSSR count). The fourth-order valence-corrected chi connectivity index (χ4v) is 9.09. The highest BCUT2D eigenvalue weighted by Gasteiger charge is 2.50. The molecule has 60 heavy (non-hydrogen) atoms. The van der Waals surface area contributed by atoms with E-state index >= 15 is 4.39 Å². The molecule has 5 atom stereocenters. The van der Waals surface area contributed by atoms with E-state index in [9.17, 15) is 19.2 Å². The maximum Gasteiger partial charge on any atom is 0.407 e. The molecule has 0 radical (unpaired) electrons. The number of carbonyl (C=O) groups excluding carboxylic acids is 4. The summed E-state index contributed by atoms with van der Waals surface area (Å²) in [4.78, 5) is 71.6. The number of fused-ring (bicyclic) bond motifs is 1. The Morgan fingerprint density at radius 2 is 1.37 bits per heavy atom. The zero-order valence-electron chi connectivity index (χ0n) is 35.4. The molecule has 1 aliphatic carbocycles. The first-order chi connectivity index (χ1) is 28.6. The number of nitrogens with zero attached hydrogens (tertiary/aromatic N) is 4. The Bertz CT molecular complexity index is 2300. The topological polar surface area (TPSA) is 175 Å². The van der Waals surface area contributed by atoms with Crippen molar-refractivity contribution in [1.29, 1.82) is 0 Å². The molecule has 4 heterocycles. The molecular weight excluding hydrogens is 768 g/mol. The van der Waals surface area contributed by atoms with Gasteiger partial charge in [-0.2, -0.15) is 0 Å². The number of aromatic amines is 2. The predicted octanol–water partition coefficient (Wildman–Crippen LogP) is 6.95. The molecule has 15 heteroatoms. The van der Waals surface area contributed by atoms with E-state index in [1.165, 1.54) is 26.0 Å². The van der Waals surface area contributed by atoms with Crippen LogP contribution in [-0.2, 0) is 19.1 Å². The lowest BCUT2D eigenvalue weighted by Crippen LogP contribution is -2.51. The fraction of sp³-hybridized carbons (Fsp3) is 0.511. The van der Waals surface area contributed by atoms with Gasteiger partial charge in [-0.1, -0.05) is 64.5 Å². The summed E-state index contributed by atoms with van der Waals surface area (Å²) in [6.45, 7) is 9.42. The number of aromatic nitrogens is 4. The number of H-pyrrole nitrogens is 2. The van der Waals surface area contributed by atoms with Crippen molar-refractivity contribution in [3.8, 4) is 23.1 Å². The van der Waals surface area contributed by atoms with Crippen LogP contribution in [0.25, 0.3) is 22.3 Å². The van der Waals surface area contributed by atoms with Crippen LogP contribution in [0.2, 0.25) is 0 Å². The molecule has 3 aliphatic rings. The highest BCUT2D eigenvalue weighted by molar-refractivity contribution is 5.87. The molecule has 318 valence electrons. The number of ether oxygens (including phenoxy) is 2. The lowest BCUT2D eigenvalue weighted by Gasteiger charge is -2.30. The molecular formula is C45H55FN8O6. The minimum Gasteiger partial charge on any atom is -0.453 e. The van der Waals surface area contributed by atoms with Crippen LogP contribution in [-0.4, -0.2) is 98.8 Å². The van der Waals surface area contributed by atoms with Crippen LogP contribution in [0, 0.1) is 29.1 Å². The molecule has 1 spiro atoms. The van der Waals surface area contributed by atoms with Crippen molar-refractivity contribution in [2.75, 3.05) is 27.3 Å². The maximum absolute atomic E-state index is 15.4. The van der Waals surface area contributed by atoms with Crippen molar-refractivity contribution in [2.45, 2.75) is 103 Å². The quantitative estimate of drug-likeness (QED) is 0.131. The van der Waals surface area contributed by atoms with E-state index < -0.39 is 41.9 Å². The van der Waals surface area contributed by atoms with Gasteiger partial charge in [0.25, 0.3) is 0 Å². The minimum absolute atomic E-state index is 0.0377. The van der Waals surface area contributed by atoms with E-state index in [4.69, 9.17) is 14.5 Å². The number of imidazole rings is 2. The molecule has 4 amide bonds. The number of alkyl halides is 1. The number of carbonyl (C=O) groups is 4. The average molecular weight is 823 g/mol. The third-order valence-electron chi connectivity index (χ3n) is 12.3. The Labute approximate surface area is 349 Å². The standard InChI is InChI=1S/C45H55FN8O6/c1-26(2)36(51-42(57)59-6)40(55)53-24-44(5,46)21-34(53)38-47-23-33(50-38)30-15-12-28(13-16-30)10-11-29-14-17-31-32(20-29)49-39(48-31)35-22-45(18-8-9-19-45)25-54(35)41(56)37(27(3)4)52-43(58)60-7/h12-17,20,23,26-27,34-37H,8-9,18-19,21-22,24-25H2,1-7H3,(H,47,50)(H,48,49)(H,51,57)(H,52,58)/t34-,35-,36-,37-,44+/m0/s1. The van der Waals surface area contributed by atoms with Crippen LogP contribution in [0.15, 0.2) is 48.7 Å². The van der Waals surface area contributed by atoms with E-state index in [0.29, 0.717) is 18.1 Å². The number of methoxy groups -OCH3 is 2. The molecule has 2 aromatic heterocycles. The van der Waals surface area contributed by atoms with Gasteiger partial charge in [-0.05, 0) is 79.3 Å². The largest absolute Gasteiger partial charge is 0.453 e. The number of nitrogens with one attached hydrogen (secondary N) is 4. The second kappa shape index (κ2) is 17.0. The second-order valence-corrected chi connectivity index (χ2v) is 17.6. The molecule has 2 aliphatic heterocycles. The molecule has 1 saturated carbocycles. The molecule has 3 fully saturated rings. The minimum atomic E-state index is -1.64. The van der Waals surface area contributed by atoms with Crippen molar-refractivity contribution < 1.29 is 33.0 Å². The summed E-state index contributed by atoms with van der Waals surface area (Å²) in [6.07, 6.45) is 5.59. The van der Waals surface area contributed by atoms with Crippen molar-refractivity contribution >= 4 is 35.0 Å². The predicted molar refractivity (Wildman–Crippen MR) is 223 cm³/mol. The number of rotatable bonds is 9. The summed E-state index contributed by atoms with van der Waals surface area (Å²) in [5.74, 6) is 6.79. The van der Waals surface area contributed by atoms with Crippen molar-refractivity contribution in [3.05, 3.63) is 71.4 Å². The first kappa shape index (κ1) is 42.2. The number of halogens is 1. The first-order valence-electron chi connectivity index (χ1n) is 20.7. The lowest BCUT2D eigenvalue weighted by molar-refractivity contribution is -0.136. The van der Waals surface area contributed by atoms with Crippen LogP contribution in [0.3, 0.4) is 0 Å². The van der Waals surface area contributed by atoms with Crippen LogP contribution in [0.1, 0.15) is 108 Å². The Morgan fingerprint density at radius 1 is 0.800 bits per heavy atom. The first-order valence-corrected chi connectivity index (χ1v) is 20.7. The summed E-state index contributed by atoms with van der Waals surface area (Å²) < 4.78 is 25.0. The smallest absolute Gasteiger partial charge is 0.407 e. The highest BCUT2D eigenvalue weighted by atomic mass is 19.1.